The number of unbranched alkanes of at least 4 members (excludes halogenated alkanes) is 1. The highest BCUT2D eigenvalue weighted by molar-refractivity contribution is 7.89. The lowest BCUT2D eigenvalue weighted by atomic mass is 9.52. The third-order valence-electron chi connectivity index (χ3n) is 8.68. The van der Waals surface area contributed by atoms with Crippen LogP contribution in [0.3, 0.4) is 0 Å². The number of aldehydes is 1. The van der Waals surface area contributed by atoms with E-state index in [4.69, 9.17) is 4.74 Å². The maximum Gasteiger partial charge on any atom is 0.410 e. The van der Waals surface area contributed by atoms with Crippen molar-refractivity contribution in [2.24, 2.45) is 17.3 Å². The molecule has 1 N–H and O–H groups in total. The van der Waals surface area contributed by atoms with Crippen molar-refractivity contribution < 1.29 is 27.9 Å². The van der Waals surface area contributed by atoms with Gasteiger partial charge >= 0.3 is 6.09 Å². The third kappa shape index (κ3) is 2.99. The van der Waals surface area contributed by atoms with Crippen molar-refractivity contribution in [3.05, 3.63) is 42.5 Å². The van der Waals surface area contributed by atoms with Crippen LogP contribution in [0.2, 0.25) is 0 Å². The number of aryl methyl sites for hydroxylation is 1. The molecule has 3 heterocycles. The third-order valence-corrected chi connectivity index (χ3v) is 10.6. The van der Waals surface area contributed by atoms with Gasteiger partial charge in [-0.1, -0.05) is 23.8 Å². The van der Waals surface area contributed by atoms with Gasteiger partial charge < -0.3 is 14.6 Å². The van der Waals surface area contributed by atoms with Crippen LogP contribution < -0.4 is 0 Å². The molecule has 4 aliphatic rings. The van der Waals surface area contributed by atoms with Crippen molar-refractivity contribution in [3.8, 4) is 0 Å². The summed E-state index contributed by atoms with van der Waals surface area (Å²) in [6.07, 6.45) is 4.26. The van der Waals surface area contributed by atoms with E-state index in [1.165, 1.54) is 4.31 Å². The maximum absolute atomic E-state index is 14.1. The van der Waals surface area contributed by atoms with Crippen LogP contribution >= 0.6 is 0 Å². The molecule has 1 aromatic carbocycles. The molecule has 6 atom stereocenters. The molecule has 1 spiro atoms. The number of aliphatic hydroxyl groups is 1. The summed E-state index contributed by atoms with van der Waals surface area (Å²) in [5.74, 6) is 0.0364. The second kappa shape index (κ2) is 8.17. The number of allylic oxidation sites excluding steroid dienone is 1. The Morgan fingerprint density at radius 2 is 2.03 bits per heavy atom. The van der Waals surface area contributed by atoms with E-state index in [-0.39, 0.29) is 23.3 Å². The number of hydrogen-bond donors (Lipinski definition) is 1. The fourth-order valence-electron chi connectivity index (χ4n) is 7.47. The van der Waals surface area contributed by atoms with Crippen LogP contribution in [0.5, 0.6) is 0 Å². The summed E-state index contributed by atoms with van der Waals surface area (Å²) in [5.41, 5.74) is -1.10. The summed E-state index contributed by atoms with van der Waals surface area (Å²) in [4.78, 5) is 27.7. The Bertz CT molecular complexity index is 1100. The van der Waals surface area contributed by atoms with Gasteiger partial charge in [-0.2, -0.15) is 4.31 Å². The number of carbonyl (C=O) groups is 2. The highest BCUT2D eigenvalue weighted by Crippen LogP contribution is 2.64. The van der Waals surface area contributed by atoms with Gasteiger partial charge in [0.1, 0.15) is 11.8 Å². The number of amides is 1. The number of carbonyl (C=O) groups excluding carboxylic acids is 2. The van der Waals surface area contributed by atoms with E-state index in [1.54, 1.807) is 35.2 Å². The molecular formula is C25H32N2O6S. The molecule has 184 valence electrons. The number of hydrogen-bond acceptors (Lipinski definition) is 6. The smallest absolute Gasteiger partial charge is 0.410 e. The number of cyclic esters (lactones) is 1. The molecule has 0 unspecified atom stereocenters. The van der Waals surface area contributed by atoms with Crippen LogP contribution in [0, 0.1) is 24.2 Å². The number of ether oxygens (including phenoxy) is 1. The van der Waals surface area contributed by atoms with Gasteiger partial charge in [0.2, 0.25) is 10.0 Å². The Balaban J connectivity index is 1.70. The molecule has 1 aromatic rings. The summed E-state index contributed by atoms with van der Waals surface area (Å²) >= 11 is 0. The molecule has 1 saturated carbocycles. The highest BCUT2D eigenvalue weighted by atomic mass is 32.2. The van der Waals surface area contributed by atoms with Gasteiger partial charge in [0.15, 0.2) is 6.10 Å². The second-order valence-corrected chi connectivity index (χ2v) is 12.2. The fourth-order valence-corrected chi connectivity index (χ4v) is 9.22. The second-order valence-electron chi connectivity index (χ2n) is 10.3. The number of aliphatic hydroxyl groups excluding tert-OH is 1. The monoisotopic (exact) mass is 488 g/mol. The zero-order valence-corrected chi connectivity index (χ0v) is 20.2. The predicted octanol–water partition coefficient (Wildman–Crippen LogP) is 2.50. The molecule has 8 nitrogen and oxygen atoms in total. The first-order valence-electron chi connectivity index (χ1n) is 12.0. The van der Waals surface area contributed by atoms with Crippen LogP contribution in [-0.4, -0.2) is 72.5 Å². The summed E-state index contributed by atoms with van der Waals surface area (Å²) in [6.45, 7) is 5.95. The minimum Gasteiger partial charge on any atom is -0.441 e. The average Bonchev–Trinajstić information content (AvgIpc) is 3.23. The van der Waals surface area contributed by atoms with Gasteiger partial charge in [-0.25, -0.2) is 13.2 Å². The number of benzene rings is 1. The Kier molecular flexibility index (Phi) is 5.65. The van der Waals surface area contributed by atoms with Crippen LogP contribution in [0.4, 0.5) is 4.79 Å². The van der Waals surface area contributed by atoms with Crippen LogP contribution in [0.1, 0.15) is 37.7 Å². The molecule has 4 bridgehead atoms. The van der Waals surface area contributed by atoms with E-state index < -0.39 is 45.8 Å². The lowest BCUT2D eigenvalue weighted by Gasteiger charge is -2.61. The van der Waals surface area contributed by atoms with Gasteiger partial charge in [0.05, 0.1) is 17.5 Å². The van der Waals surface area contributed by atoms with Gasteiger partial charge in [-0.05, 0) is 63.0 Å². The first kappa shape index (κ1) is 23.5. The van der Waals surface area contributed by atoms with Gasteiger partial charge in [-0.3, -0.25) is 4.90 Å². The topological polar surface area (TPSA) is 104 Å². The number of nitrogens with zero attached hydrogens (tertiary/aromatic N) is 2. The molecule has 1 aliphatic carbocycles. The summed E-state index contributed by atoms with van der Waals surface area (Å²) < 4.78 is 35.2. The summed E-state index contributed by atoms with van der Waals surface area (Å²) in [5, 5.41) is 10.3. The normalized spacial score (nSPS) is 36.8. The first-order valence-corrected chi connectivity index (χ1v) is 13.4. The minimum atomic E-state index is -3.98. The molecular weight excluding hydrogens is 456 g/mol. The summed E-state index contributed by atoms with van der Waals surface area (Å²) in [6, 6.07) is 5.88. The standard InChI is InChI=1S/C25H32N2O6S/c1-3-4-5-11-24(16-29)13-18-14-26-23(30)33-21(15-28)25(26)20(18)10-12-27(22(24)25)34(31,32)19-8-6-17(2)7-9-19/h3,6-9,16,18,20-22,28H,1,4-5,10-15H2,2H3/t18-,20-,21+,22-,24-,25+/m0/s1. The Labute approximate surface area is 200 Å². The van der Waals surface area contributed by atoms with Gasteiger partial charge in [0.25, 0.3) is 0 Å². The molecule has 0 radical (unpaired) electrons. The van der Waals surface area contributed by atoms with Gasteiger partial charge in [-0.15, -0.1) is 6.58 Å². The molecule has 1 amide bonds. The molecule has 9 heteroatoms. The molecule has 3 aliphatic heterocycles. The molecule has 5 rings (SSSR count). The largest absolute Gasteiger partial charge is 0.441 e. The quantitative estimate of drug-likeness (QED) is 0.343. The lowest BCUT2D eigenvalue weighted by Crippen LogP contribution is -2.76. The zero-order chi connectivity index (χ0) is 24.3. The highest BCUT2D eigenvalue weighted by Gasteiger charge is 2.78. The average molecular weight is 489 g/mol. The molecule has 3 saturated heterocycles. The van der Waals surface area contributed by atoms with Crippen molar-refractivity contribution in [3.63, 3.8) is 0 Å². The Morgan fingerprint density at radius 3 is 2.68 bits per heavy atom. The van der Waals surface area contributed by atoms with Gasteiger partial charge in [0, 0.05) is 18.5 Å². The van der Waals surface area contributed by atoms with Crippen LogP contribution in [-0.2, 0) is 19.6 Å². The SMILES string of the molecule is C=CCCC[C@@]1(C=O)C[C@H]2CN3C(=O)O[C@H](CO)[C@@]34[C@H]2CCN(S(=O)(=O)c2ccc(C)cc2)[C@@H]14. The van der Waals surface area contributed by atoms with Crippen LogP contribution in [0.25, 0.3) is 0 Å². The van der Waals surface area contributed by atoms with Crippen molar-refractivity contribution in [1.29, 1.82) is 0 Å². The Hall–Kier alpha value is -2.23. The Morgan fingerprint density at radius 1 is 1.29 bits per heavy atom. The van der Waals surface area contributed by atoms with Crippen molar-refractivity contribution in [2.75, 3.05) is 19.7 Å². The summed E-state index contributed by atoms with van der Waals surface area (Å²) in [7, 11) is -3.98. The van der Waals surface area contributed by atoms with Crippen LogP contribution in [0.15, 0.2) is 41.8 Å². The molecule has 34 heavy (non-hydrogen) atoms. The maximum atomic E-state index is 14.1. The zero-order valence-electron chi connectivity index (χ0n) is 19.4. The number of rotatable bonds is 8. The van der Waals surface area contributed by atoms with E-state index in [2.05, 4.69) is 6.58 Å². The predicted molar refractivity (Wildman–Crippen MR) is 124 cm³/mol. The molecule has 4 fully saturated rings. The lowest BCUT2D eigenvalue weighted by molar-refractivity contribution is -0.144. The van der Waals surface area contributed by atoms with E-state index in [1.807, 2.05) is 6.92 Å². The first-order chi connectivity index (χ1) is 16.3. The number of piperidine rings is 1. The van der Waals surface area contributed by atoms with E-state index in [0.29, 0.717) is 38.6 Å². The van der Waals surface area contributed by atoms with E-state index in [9.17, 15) is 23.1 Å². The molecule has 0 aromatic heterocycles. The van der Waals surface area contributed by atoms with E-state index in [0.717, 1.165) is 11.8 Å². The van der Waals surface area contributed by atoms with Crippen molar-refractivity contribution >= 4 is 22.4 Å². The van der Waals surface area contributed by atoms with Crippen molar-refractivity contribution in [2.45, 2.75) is 61.6 Å². The fraction of sp³-hybridized carbons (Fsp3) is 0.600. The number of sulfonamides is 1. The minimum absolute atomic E-state index is 0.0296. The van der Waals surface area contributed by atoms with E-state index >= 15 is 0 Å². The van der Waals surface area contributed by atoms with Crippen molar-refractivity contribution in [1.82, 2.24) is 9.21 Å².